The van der Waals surface area contributed by atoms with Crippen LogP contribution in [0.15, 0.2) is 54.7 Å². The van der Waals surface area contributed by atoms with Crippen LogP contribution in [0.2, 0.25) is 0 Å². The molecule has 4 aliphatic heterocycles. The first-order chi connectivity index (χ1) is 27.6. The van der Waals surface area contributed by atoms with Gasteiger partial charge in [0.05, 0.1) is 53.2 Å². The molecule has 10 rings (SSSR count). The molecular weight excluding hydrogens is 740 g/mol. The number of amides is 1. The van der Waals surface area contributed by atoms with Gasteiger partial charge in [0.15, 0.2) is 11.5 Å². The number of hydrogen-bond donors (Lipinski definition) is 1. The van der Waals surface area contributed by atoms with Crippen LogP contribution < -0.4 is 15.1 Å². The molecule has 2 aromatic carbocycles. The fourth-order valence-electron chi connectivity index (χ4n) is 8.96. The largest absolute Gasteiger partial charge is 0.378 e. The molecule has 0 saturated carbocycles. The van der Waals surface area contributed by atoms with Crippen molar-refractivity contribution in [1.29, 1.82) is 0 Å². The van der Waals surface area contributed by atoms with E-state index in [1.165, 1.54) is 28.9 Å². The van der Waals surface area contributed by atoms with E-state index in [0.29, 0.717) is 83.8 Å². The Labute approximate surface area is 325 Å². The highest BCUT2D eigenvalue weighted by Gasteiger charge is 2.42. The molecule has 3 saturated heterocycles. The summed E-state index contributed by atoms with van der Waals surface area (Å²) in [6, 6.07) is 10.8. The summed E-state index contributed by atoms with van der Waals surface area (Å²) in [7, 11) is 3.37. The van der Waals surface area contributed by atoms with Gasteiger partial charge in [0, 0.05) is 64.1 Å². The highest BCUT2D eigenvalue weighted by atomic mass is 19.1. The number of pyridine rings is 1. The summed E-state index contributed by atoms with van der Waals surface area (Å²) in [4.78, 5) is 40.3. The first-order valence-electron chi connectivity index (χ1n) is 19.2. The molecule has 6 aromatic rings. The molecule has 4 aliphatic rings. The fourth-order valence-corrected chi connectivity index (χ4v) is 8.96. The van der Waals surface area contributed by atoms with Gasteiger partial charge in [-0.2, -0.15) is 15.1 Å². The number of fused-ring (bicyclic) bond motifs is 8. The first-order valence-corrected chi connectivity index (χ1v) is 19.2. The van der Waals surface area contributed by atoms with Crippen molar-refractivity contribution >= 4 is 45.6 Å². The van der Waals surface area contributed by atoms with Crippen LogP contribution in [-0.4, -0.2) is 116 Å². The average Bonchev–Trinajstić information content (AvgIpc) is 3.97. The molecule has 57 heavy (non-hydrogen) atoms. The standard InChI is InChI=1S/C40H40F3N11O3/c1-21-45-32-13-23(42)11-28-31-5-4-6-35(47-31)46-24-14-34(39(55)50(2)17-27(56-3)20-52(21)36(28)32)53(16-24)37-29-15-44-54(33-10-7-22(41)12-30(33)43)38(29)49-40(48-37)51-18-25-8-9-26(19-51)57-25/h4-7,10-13,15,24-27,34H,8-9,14,16-20H2,1-3H3,(H,46,47)/t24-,25?,26?,27-,34-/m0/s1. The number of ether oxygens (including phenoxy) is 2. The zero-order valence-electron chi connectivity index (χ0n) is 31.6. The predicted octanol–water partition coefficient (Wildman–Crippen LogP) is 4.87. The normalized spacial score (nSPS) is 23.6. The summed E-state index contributed by atoms with van der Waals surface area (Å²) in [5.41, 5.74) is 2.75. The van der Waals surface area contributed by atoms with Crippen LogP contribution in [0.1, 0.15) is 25.1 Å². The highest BCUT2D eigenvalue weighted by Crippen LogP contribution is 2.37. The van der Waals surface area contributed by atoms with E-state index in [1.807, 2.05) is 34.6 Å². The molecule has 8 heterocycles. The molecule has 3 fully saturated rings. The maximum Gasteiger partial charge on any atom is 0.245 e. The third-order valence-corrected chi connectivity index (χ3v) is 11.7. The first kappa shape index (κ1) is 35.6. The Morgan fingerprint density at radius 3 is 2.53 bits per heavy atom. The fraction of sp³-hybridized carbons (Fsp3) is 0.400. The lowest BCUT2D eigenvalue weighted by atomic mass is 10.1. The predicted molar refractivity (Wildman–Crippen MR) is 206 cm³/mol. The second kappa shape index (κ2) is 13.7. The Morgan fingerprint density at radius 1 is 0.912 bits per heavy atom. The molecule has 0 spiro atoms. The minimum atomic E-state index is -0.793. The summed E-state index contributed by atoms with van der Waals surface area (Å²) in [5, 5.41) is 8.61. The maximum atomic E-state index is 15.3. The summed E-state index contributed by atoms with van der Waals surface area (Å²) in [6.07, 6.45) is 3.44. The second-order valence-electron chi connectivity index (χ2n) is 15.4. The Kier molecular flexibility index (Phi) is 8.55. The molecule has 14 nitrogen and oxygen atoms in total. The van der Waals surface area contributed by atoms with Gasteiger partial charge in [0.1, 0.15) is 40.8 Å². The highest BCUT2D eigenvalue weighted by molar-refractivity contribution is 5.94. The second-order valence-corrected chi connectivity index (χ2v) is 15.4. The number of benzene rings is 2. The van der Waals surface area contributed by atoms with E-state index >= 15 is 8.78 Å². The molecule has 0 radical (unpaired) electrons. The Morgan fingerprint density at radius 2 is 1.74 bits per heavy atom. The number of aromatic nitrogens is 7. The Balaban J connectivity index is 1.10. The van der Waals surface area contributed by atoms with E-state index in [1.54, 1.807) is 25.3 Å². The molecule has 2 unspecified atom stereocenters. The van der Waals surface area contributed by atoms with Crippen LogP contribution in [0.4, 0.5) is 30.8 Å². The van der Waals surface area contributed by atoms with Crippen LogP contribution in [0.3, 0.4) is 0 Å². The molecule has 1 N–H and O–H groups in total. The number of morpholine rings is 1. The molecule has 4 aromatic heterocycles. The van der Waals surface area contributed by atoms with E-state index in [-0.39, 0.29) is 36.4 Å². The third-order valence-electron chi connectivity index (χ3n) is 11.7. The van der Waals surface area contributed by atoms with Crippen molar-refractivity contribution < 1.29 is 27.4 Å². The molecule has 294 valence electrons. The Bertz CT molecular complexity index is 2550. The zero-order valence-corrected chi connectivity index (χ0v) is 31.6. The van der Waals surface area contributed by atoms with Crippen molar-refractivity contribution in [2.24, 2.45) is 0 Å². The van der Waals surface area contributed by atoms with Crippen molar-refractivity contribution in [3.8, 4) is 16.9 Å². The van der Waals surface area contributed by atoms with Crippen LogP contribution in [0, 0.1) is 24.4 Å². The third kappa shape index (κ3) is 6.19. The number of nitrogens with one attached hydrogen (secondary N) is 1. The number of nitrogens with zero attached hydrogens (tertiary/aromatic N) is 10. The number of methoxy groups -OCH3 is 1. The van der Waals surface area contributed by atoms with E-state index in [4.69, 9.17) is 24.4 Å². The average molecular weight is 780 g/mol. The number of carbonyl (C=O) groups excluding carboxylic acids is 1. The van der Waals surface area contributed by atoms with E-state index < -0.39 is 29.6 Å². The van der Waals surface area contributed by atoms with Gasteiger partial charge in [-0.05, 0) is 56.5 Å². The molecule has 6 bridgehead atoms. The number of carbonyl (C=O) groups is 1. The lowest BCUT2D eigenvalue weighted by Crippen LogP contribution is -2.47. The summed E-state index contributed by atoms with van der Waals surface area (Å²) in [5.74, 6) is 0.0261. The molecule has 17 heteroatoms. The van der Waals surface area contributed by atoms with Crippen LogP contribution in [-0.2, 0) is 20.8 Å². The summed E-state index contributed by atoms with van der Waals surface area (Å²) in [6.45, 7) is 3.96. The van der Waals surface area contributed by atoms with Crippen LogP contribution >= 0.6 is 0 Å². The van der Waals surface area contributed by atoms with Crippen molar-refractivity contribution in [1.82, 2.24) is 39.2 Å². The Hall–Kier alpha value is -5.81. The van der Waals surface area contributed by atoms with Crippen molar-refractivity contribution in [3.05, 3.63) is 78.0 Å². The minimum Gasteiger partial charge on any atom is -0.378 e. The molecule has 0 aliphatic carbocycles. The SMILES string of the molecule is CO[C@H]1CN(C)C(=O)[C@@H]2C[C@@H](CN2c2nc(N3CC4CCC(C3)O4)nc3c2cnn3-c2ccc(F)cc2F)Nc2cccc(n2)-c2cc(F)cc3nc(C)n(c23)C1. The number of halogens is 3. The van der Waals surface area contributed by atoms with E-state index in [2.05, 4.69) is 20.3 Å². The van der Waals surface area contributed by atoms with E-state index in [9.17, 15) is 9.18 Å². The number of imidazole rings is 1. The molecular formula is C40H40F3N11O3. The number of anilines is 3. The molecule has 1 amide bonds. The quantitative estimate of drug-likeness (QED) is 0.263. The van der Waals surface area contributed by atoms with E-state index in [0.717, 1.165) is 24.4 Å². The van der Waals surface area contributed by atoms with Gasteiger partial charge in [-0.25, -0.2) is 27.8 Å². The number of rotatable bonds is 4. The zero-order chi connectivity index (χ0) is 39.1. The van der Waals surface area contributed by atoms with Crippen LogP contribution in [0.25, 0.3) is 39.0 Å². The van der Waals surface area contributed by atoms with Gasteiger partial charge in [0.25, 0.3) is 0 Å². The van der Waals surface area contributed by atoms with Crippen molar-refractivity contribution in [2.45, 2.75) is 63.1 Å². The summed E-state index contributed by atoms with van der Waals surface area (Å²) < 4.78 is 60.0. The van der Waals surface area contributed by atoms with Gasteiger partial charge in [-0.3, -0.25) is 4.79 Å². The monoisotopic (exact) mass is 779 g/mol. The number of hydrogen-bond acceptors (Lipinski definition) is 11. The summed E-state index contributed by atoms with van der Waals surface area (Å²) >= 11 is 0. The molecule has 5 atom stereocenters. The van der Waals surface area contributed by atoms with Gasteiger partial charge < -0.3 is 34.1 Å². The topological polar surface area (TPSA) is 132 Å². The van der Waals surface area contributed by atoms with Crippen molar-refractivity contribution in [3.63, 3.8) is 0 Å². The number of likely N-dealkylation sites (N-methyl/N-ethyl adjacent to an activating group) is 1. The maximum absolute atomic E-state index is 15.3. The van der Waals surface area contributed by atoms with Gasteiger partial charge in [-0.1, -0.05) is 6.07 Å². The van der Waals surface area contributed by atoms with Crippen LogP contribution in [0.5, 0.6) is 0 Å². The lowest BCUT2D eigenvalue weighted by molar-refractivity contribution is -0.132. The minimum absolute atomic E-state index is 0.0298. The van der Waals surface area contributed by atoms with Crippen molar-refractivity contribution in [2.75, 3.05) is 55.5 Å². The van der Waals surface area contributed by atoms with Gasteiger partial charge in [0.2, 0.25) is 11.9 Å². The smallest absolute Gasteiger partial charge is 0.245 e. The number of aryl methyl sites for hydroxylation is 1. The van der Waals surface area contributed by atoms with Gasteiger partial charge in [-0.15, -0.1) is 0 Å². The lowest BCUT2D eigenvalue weighted by Gasteiger charge is -2.34. The van der Waals surface area contributed by atoms with Gasteiger partial charge >= 0.3 is 0 Å².